The van der Waals surface area contributed by atoms with E-state index in [0.29, 0.717) is 22.3 Å². The lowest BCUT2D eigenvalue weighted by molar-refractivity contribution is -0.149. The van der Waals surface area contributed by atoms with Crippen LogP contribution in [-0.4, -0.2) is 42.0 Å². The minimum Gasteiger partial charge on any atom is -0.464 e. The van der Waals surface area contributed by atoms with E-state index in [1.54, 1.807) is 62.4 Å². The minimum atomic E-state index is -3.84. The Balaban J connectivity index is 0.000000162. The van der Waals surface area contributed by atoms with Gasteiger partial charge in [0.15, 0.2) is 11.1 Å². The number of fused-ring (bicyclic) bond motifs is 4. The molecule has 0 unspecified atom stereocenters. The molecule has 2 N–H and O–H groups in total. The third kappa shape index (κ3) is 5.46. The molecule has 0 radical (unpaired) electrons. The lowest BCUT2D eigenvalue weighted by Gasteiger charge is -2.28. The van der Waals surface area contributed by atoms with E-state index in [9.17, 15) is 26.4 Å². The highest BCUT2D eigenvalue weighted by Gasteiger charge is 2.56. The van der Waals surface area contributed by atoms with E-state index in [-0.39, 0.29) is 23.0 Å². The molecule has 12 heteroatoms. The fourth-order valence-corrected chi connectivity index (χ4v) is 10.3. The lowest BCUT2D eigenvalue weighted by atomic mass is 9.81. The molecule has 0 saturated heterocycles. The molecule has 2 aliphatic heterocycles. The molecule has 8 rings (SSSR count). The number of carbonyl (C=O) groups is 2. The van der Waals surface area contributed by atoms with Crippen LogP contribution in [0.3, 0.4) is 0 Å². The van der Waals surface area contributed by atoms with E-state index >= 15 is 0 Å². The Morgan fingerprint density at radius 2 is 0.808 bits per heavy atom. The number of carbonyl (C=O) groups excluding carboxylic acids is 2. The Hall–Kier alpha value is -5.40. The second kappa shape index (κ2) is 13.3. The first-order chi connectivity index (χ1) is 25.0. The van der Waals surface area contributed by atoms with Gasteiger partial charge in [0.2, 0.25) is 20.0 Å². The van der Waals surface area contributed by atoms with Crippen molar-refractivity contribution in [2.75, 3.05) is 13.2 Å². The molecule has 0 fully saturated rings. The second-order valence-corrected chi connectivity index (χ2v) is 15.5. The molecule has 6 aromatic rings. The minimum absolute atomic E-state index is 0.0981. The number of hydrogen-bond acceptors (Lipinski definition) is 8. The van der Waals surface area contributed by atoms with Gasteiger partial charge in [0.25, 0.3) is 0 Å². The van der Waals surface area contributed by atoms with Gasteiger partial charge < -0.3 is 9.47 Å². The molecule has 52 heavy (non-hydrogen) atoms. The summed E-state index contributed by atoms with van der Waals surface area (Å²) in [7, 11) is -7.69. The molecule has 0 spiro atoms. The zero-order valence-electron chi connectivity index (χ0n) is 28.2. The highest BCUT2D eigenvalue weighted by molar-refractivity contribution is 7.90. The fourth-order valence-electron chi connectivity index (χ4n) is 7.15. The molecule has 0 saturated carbocycles. The highest BCUT2D eigenvalue weighted by Crippen LogP contribution is 2.45. The summed E-state index contributed by atoms with van der Waals surface area (Å²) in [5, 5.41) is 3.42. The maximum absolute atomic E-state index is 13.1. The van der Waals surface area contributed by atoms with Gasteiger partial charge in [-0.05, 0) is 58.7 Å². The molecule has 6 aromatic carbocycles. The first-order valence-corrected chi connectivity index (χ1v) is 19.6. The molecular formula is C40H34N2O8S2. The predicted molar refractivity (Wildman–Crippen MR) is 196 cm³/mol. The average molecular weight is 735 g/mol. The van der Waals surface area contributed by atoms with Crippen LogP contribution >= 0.6 is 0 Å². The van der Waals surface area contributed by atoms with E-state index in [1.807, 2.05) is 72.8 Å². The smallest absolute Gasteiger partial charge is 0.336 e. The van der Waals surface area contributed by atoms with Gasteiger partial charge in [0.1, 0.15) is 0 Å². The van der Waals surface area contributed by atoms with Crippen LogP contribution in [-0.2, 0) is 50.2 Å². The molecule has 2 atom stereocenters. The Morgan fingerprint density at radius 3 is 1.21 bits per heavy atom. The summed E-state index contributed by atoms with van der Waals surface area (Å²) < 4.78 is 66.9. The van der Waals surface area contributed by atoms with Crippen LogP contribution in [0.15, 0.2) is 143 Å². The monoisotopic (exact) mass is 734 g/mol. The summed E-state index contributed by atoms with van der Waals surface area (Å²) in [5.74, 6) is -1.27. The van der Waals surface area contributed by atoms with Gasteiger partial charge in [-0.1, -0.05) is 121 Å². The maximum atomic E-state index is 13.1. The summed E-state index contributed by atoms with van der Waals surface area (Å²) in [4.78, 5) is 26.4. The Morgan fingerprint density at radius 1 is 0.481 bits per heavy atom. The van der Waals surface area contributed by atoms with E-state index in [4.69, 9.17) is 9.47 Å². The van der Waals surface area contributed by atoms with Crippen molar-refractivity contribution in [1.82, 2.24) is 9.44 Å². The van der Waals surface area contributed by atoms with Gasteiger partial charge >= 0.3 is 11.9 Å². The maximum Gasteiger partial charge on any atom is 0.336 e. The molecule has 2 heterocycles. The average Bonchev–Trinajstić information content (AvgIpc) is 3.56. The standard InChI is InChI=1S/2C20H17NO4S/c2*1-2-25-19(22)20(16-12-7-9-14-8-3-4-10-15(14)16)17-11-5-6-13-18(17)26(23,24)21-20/h2*3-13,21H,2H2,1H3/t2*20-/m11/s1. The van der Waals surface area contributed by atoms with Crippen molar-refractivity contribution < 1.29 is 35.9 Å². The molecule has 0 aliphatic carbocycles. The van der Waals surface area contributed by atoms with Crippen molar-refractivity contribution in [3.05, 3.63) is 156 Å². The van der Waals surface area contributed by atoms with Crippen LogP contribution in [0.5, 0.6) is 0 Å². The third-order valence-electron chi connectivity index (χ3n) is 9.29. The molecule has 264 valence electrons. The molecule has 0 amide bonds. The molecule has 2 aliphatic rings. The topological polar surface area (TPSA) is 145 Å². The van der Waals surface area contributed by atoms with Gasteiger partial charge in [-0.15, -0.1) is 0 Å². The molecular weight excluding hydrogens is 701 g/mol. The first-order valence-electron chi connectivity index (χ1n) is 16.6. The van der Waals surface area contributed by atoms with Crippen molar-refractivity contribution in [1.29, 1.82) is 0 Å². The number of ether oxygens (including phenoxy) is 2. The summed E-state index contributed by atoms with van der Waals surface area (Å²) >= 11 is 0. The Labute approximate surface area is 301 Å². The first kappa shape index (κ1) is 35.0. The second-order valence-electron chi connectivity index (χ2n) is 12.2. The van der Waals surface area contributed by atoms with Crippen molar-refractivity contribution in [3.63, 3.8) is 0 Å². The van der Waals surface area contributed by atoms with E-state index in [0.717, 1.165) is 21.5 Å². The number of nitrogens with one attached hydrogen (secondary N) is 2. The summed E-state index contributed by atoms with van der Waals surface area (Å²) in [6.07, 6.45) is 0. The number of rotatable bonds is 6. The molecule has 10 nitrogen and oxygen atoms in total. The van der Waals surface area contributed by atoms with Gasteiger partial charge in [0.05, 0.1) is 23.0 Å². The van der Waals surface area contributed by atoms with Gasteiger partial charge in [0, 0.05) is 11.1 Å². The number of sulfonamides is 2. The van der Waals surface area contributed by atoms with E-state index in [1.165, 1.54) is 12.1 Å². The molecule has 0 bridgehead atoms. The van der Waals surface area contributed by atoms with Gasteiger partial charge in [-0.2, -0.15) is 9.44 Å². The molecule has 0 aromatic heterocycles. The number of esters is 2. The normalized spacial score (nSPS) is 20.7. The van der Waals surface area contributed by atoms with Crippen molar-refractivity contribution >= 4 is 53.5 Å². The lowest BCUT2D eigenvalue weighted by Crippen LogP contribution is -2.48. The predicted octanol–water partition coefficient (Wildman–Crippen LogP) is 5.88. The van der Waals surface area contributed by atoms with E-state index < -0.39 is 43.1 Å². The van der Waals surface area contributed by atoms with Gasteiger partial charge in [-0.3, -0.25) is 0 Å². The fraction of sp³-hybridized carbons (Fsp3) is 0.150. The summed E-state index contributed by atoms with van der Waals surface area (Å²) in [6, 6.07) is 39.2. The van der Waals surface area contributed by atoms with Crippen LogP contribution < -0.4 is 9.44 Å². The summed E-state index contributed by atoms with van der Waals surface area (Å²) in [6.45, 7) is 3.69. The van der Waals surface area contributed by atoms with Crippen molar-refractivity contribution in [2.45, 2.75) is 34.7 Å². The van der Waals surface area contributed by atoms with Crippen molar-refractivity contribution in [3.8, 4) is 0 Å². The SMILES string of the molecule is CCOC(=O)[C@]1(c2cccc3ccccc23)NS(=O)(=O)c2ccccc21.CCOC(=O)[C@]1(c2cccc3ccccc23)NS(=O)(=O)c2ccccc21. The quantitative estimate of drug-likeness (QED) is 0.202. The van der Waals surface area contributed by atoms with E-state index in [2.05, 4.69) is 9.44 Å². The third-order valence-corrected chi connectivity index (χ3v) is 12.3. The number of hydrogen-bond donors (Lipinski definition) is 2. The van der Waals surface area contributed by atoms with Gasteiger partial charge in [-0.25, -0.2) is 26.4 Å². The highest BCUT2D eigenvalue weighted by atomic mass is 32.2. The zero-order chi connectivity index (χ0) is 36.7. The zero-order valence-corrected chi connectivity index (χ0v) is 29.8. The van der Waals surface area contributed by atoms with Crippen LogP contribution in [0.2, 0.25) is 0 Å². The van der Waals surface area contributed by atoms with Crippen LogP contribution in [0, 0.1) is 0 Å². The van der Waals surface area contributed by atoms with Crippen molar-refractivity contribution in [2.24, 2.45) is 0 Å². The van der Waals surface area contributed by atoms with Crippen LogP contribution in [0.25, 0.3) is 21.5 Å². The number of benzene rings is 6. The largest absolute Gasteiger partial charge is 0.464 e. The van der Waals surface area contributed by atoms with Crippen LogP contribution in [0.1, 0.15) is 36.1 Å². The van der Waals surface area contributed by atoms with Crippen LogP contribution in [0.4, 0.5) is 0 Å². The summed E-state index contributed by atoms with van der Waals surface area (Å²) in [5.41, 5.74) is -1.33. The Kier molecular flexibility index (Phi) is 8.95. The Bertz CT molecular complexity index is 2420.